The summed E-state index contributed by atoms with van der Waals surface area (Å²) in [7, 11) is -2.06. The van der Waals surface area contributed by atoms with E-state index in [1.807, 2.05) is 0 Å². The fourth-order valence-corrected chi connectivity index (χ4v) is 5.99. The van der Waals surface area contributed by atoms with E-state index in [9.17, 15) is 13.2 Å². The third kappa shape index (κ3) is 2.24. The van der Waals surface area contributed by atoms with Crippen molar-refractivity contribution in [3.05, 3.63) is 18.0 Å². The van der Waals surface area contributed by atoms with E-state index in [0.717, 1.165) is 12.8 Å². The molecule has 0 unspecified atom stereocenters. The second kappa shape index (κ2) is 4.83. The van der Waals surface area contributed by atoms with Gasteiger partial charge in [-0.15, -0.1) is 0 Å². The standard InChI is InChI=1S/C16H25N3O3S/c1-15(2)10-5-6-16(15,3)13(7-10)18-23(21,22)11-8-12(14(17)20)19(4)9-11/h8-10,13,18H,5-7H2,1-4H3,(H2,17,20)/t10-,13-,16-/m1/s1. The second-order valence-corrected chi connectivity index (χ2v) is 9.53. The van der Waals surface area contributed by atoms with Crippen molar-refractivity contribution in [2.75, 3.05) is 0 Å². The van der Waals surface area contributed by atoms with Gasteiger partial charge in [0.25, 0.3) is 5.91 Å². The van der Waals surface area contributed by atoms with Crippen LogP contribution in [0.25, 0.3) is 0 Å². The Morgan fingerprint density at radius 1 is 1.39 bits per heavy atom. The average molecular weight is 339 g/mol. The monoisotopic (exact) mass is 339 g/mol. The molecule has 0 aromatic carbocycles. The minimum atomic E-state index is -3.67. The van der Waals surface area contributed by atoms with Crippen LogP contribution in [0.5, 0.6) is 0 Å². The predicted octanol–water partition coefficient (Wildman–Crippen LogP) is 1.62. The third-order valence-corrected chi connectivity index (χ3v) is 8.07. The van der Waals surface area contributed by atoms with Gasteiger partial charge in [0, 0.05) is 19.3 Å². The van der Waals surface area contributed by atoms with Crippen molar-refractivity contribution in [3.8, 4) is 0 Å². The van der Waals surface area contributed by atoms with Crippen molar-refractivity contribution >= 4 is 15.9 Å². The minimum Gasteiger partial charge on any atom is -0.364 e. The van der Waals surface area contributed by atoms with Crippen molar-refractivity contribution < 1.29 is 13.2 Å². The number of fused-ring (bicyclic) bond motifs is 2. The first-order valence-electron chi connectivity index (χ1n) is 7.97. The van der Waals surface area contributed by atoms with Crippen LogP contribution in [-0.2, 0) is 17.1 Å². The molecule has 0 aliphatic heterocycles. The number of aromatic nitrogens is 1. The molecule has 2 saturated carbocycles. The molecule has 128 valence electrons. The van der Waals surface area contributed by atoms with Gasteiger partial charge in [-0.2, -0.15) is 0 Å². The van der Waals surface area contributed by atoms with Crippen LogP contribution < -0.4 is 10.5 Å². The first-order chi connectivity index (χ1) is 10.5. The van der Waals surface area contributed by atoms with E-state index in [0.29, 0.717) is 5.92 Å². The van der Waals surface area contributed by atoms with Crippen molar-refractivity contribution in [2.24, 2.45) is 29.5 Å². The Morgan fingerprint density at radius 3 is 2.48 bits per heavy atom. The Bertz CT molecular complexity index is 766. The van der Waals surface area contributed by atoms with Gasteiger partial charge in [-0.05, 0) is 42.1 Å². The number of nitrogens with one attached hydrogen (secondary N) is 1. The molecule has 3 atom stereocenters. The molecule has 6 nitrogen and oxygen atoms in total. The maximum absolute atomic E-state index is 12.7. The Balaban J connectivity index is 1.89. The van der Waals surface area contributed by atoms with Crippen LogP contribution in [0.1, 0.15) is 50.5 Å². The molecule has 1 amide bonds. The topological polar surface area (TPSA) is 94.2 Å². The molecular weight excluding hydrogens is 314 g/mol. The van der Waals surface area contributed by atoms with E-state index in [1.165, 1.54) is 23.3 Å². The molecule has 7 heteroatoms. The number of carbonyl (C=O) groups is 1. The first-order valence-corrected chi connectivity index (χ1v) is 9.46. The summed E-state index contributed by atoms with van der Waals surface area (Å²) in [6, 6.07) is 1.27. The third-order valence-electron chi connectivity index (χ3n) is 6.63. The number of rotatable bonds is 4. The van der Waals surface area contributed by atoms with Gasteiger partial charge >= 0.3 is 0 Å². The van der Waals surface area contributed by atoms with Crippen LogP contribution in [0, 0.1) is 16.7 Å². The number of carbonyl (C=O) groups excluding carboxylic acids is 1. The van der Waals surface area contributed by atoms with Crippen LogP contribution >= 0.6 is 0 Å². The zero-order valence-corrected chi connectivity index (χ0v) is 14.9. The number of hydrogen-bond acceptors (Lipinski definition) is 3. The molecule has 2 bridgehead atoms. The van der Waals surface area contributed by atoms with Gasteiger partial charge in [0.15, 0.2) is 0 Å². The summed E-state index contributed by atoms with van der Waals surface area (Å²) in [4.78, 5) is 11.4. The highest BCUT2D eigenvalue weighted by Gasteiger charge is 2.61. The highest BCUT2D eigenvalue weighted by molar-refractivity contribution is 7.89. The van der Waals surface area contributed by atoms with E-state index < -0.39 is 15.9 Å². The predicted molar refractivity (Wildman–Crippen MR) is 87.3 cm³/mol. The van der Waals surface area contributed by atoms with Gasteiger partial charge in [-0.3, -0.25) is 4.79 Å². The van der Waals surface area contributed by atoms with E-state index in [1.54, 1.807) is 7.05 Å². The molecule has 0 spiro atoms. The summed E-state index contributed by atoms with van der Waals surface area (Å²) in [6.45, 7) is 6.67. The molecule has 3 N–H and O–H groups in total. The Hall–Kier alpha value is -1.34. The molecule has 2 aliphatic rings. The van der Waals surface area contributed by atoms with Gasteiger partial charge in [0.2, 0.25) is 10.0 Å². The number of nitrogens with two attached hydrogens (primary N) is 1. The van der Waals surface area contributed by atoms with Gasteiger partial charge in [-0.1, -0.05) is 20.8 Å². The molecule has 2 fully saturated rings. The van der Waals surface area contributed by atoms with Crippen molar-refractivity contribution in [3.63, 3.8) is 0 Å². The smallest absolute Gasteiger partial charge is 0.265 e. The van der Waals surface area contributed by atoms with Crippen molar-refractivity contribution in [1.29, 1.82) is 0 Å². The number of nitrogens with zero attached hydrogens (tertiary/aromatic N) is 1. The Kier molecular flexibility index (Phi) is 3.47. The highest BCUT2D eigenvalue weighted by Crippen LogP contribution is 2.65. The number of aryl methyl sites for hydroxylation is 1. The number of amides is 1. The normalized spacial score (nSPS) is 32.3. The zero-order valence-electron chi connectivity index (χ0n) is 14.1. The lowest BCUT2D eigenvalue weighted by atomic mass is 9.69. The van der Waals surface area contributed by atoms with Crippen LogP contribution in [0.3, 0.4) is 0 Å². The van der Waals surface area contributed by atoms with Gasteiger partial charge in [-0.25, -0.2) is 13.1 Å². The molecule has 23 heavy (non-hydrogen) atoms. The van der Waals surface area contributed by atoms with Crippen molar-refractivity contribution in [1.82, 2.24) is 9.29 Å². The maximum atomic E-state index is 12.7. The summed E-state index contributed by atoms with van der Waals surface area (Å²) in [5.74, 6) is -0.0841. The molecule has 1 aromatic heterocycles. The lowest BCUT2D eigenvalue weighted by Crippen LogP contribution is -2.46. The second-order valence-electron chi connectivity index (χ2n) is 7.82. The van der Waals surface area contributed by atoms with Crippen LogP contribution in [0.4, 0.5) is 0 Å². The zero-order chi connectivity index (χ0) is 17.2. The van der Waals surface area contributed by atoms with E-state index in [2.05, 4.69) is 25.5 Å². The summed E-state index contributed by atoms with van der Waals surface area (Å²) >= 11 is 0. The Labute approximate surface area is 137 Å². The maximum Gasteiger partial charge on any atom is 0.265 e. The van der Waals surface area contributed by atoms with Crippen LogP contribution in [0.2, 0.25) is 0 Å². The molecule has 0 radical (unpaired) electrons. The van der Waals surface area contributed by atoms with Crippen LogP contribution in [0.15, 0.2) is 17.2 Å². The molecule has 1 heterocycles. The van der Waals surface area contributed by atoms with Crippen LogP contribution in [-0.4, -0.2) is 24.9 Å². The largest absolute Gasteiger partial charge is 0.364 e. The number of primary amides is 1. The number of hydrogen-bond donors (Lipinski definition) is 2. The van der Waals surface area contributed by atoms with Gasteiger partial charge in [0.1, 0.15) is 10.6 Å². The average Bonchev–Trinajstić information content (AvgIpc) is 2.97. The summed E-state index contributed by atoms with van der Waals surface area (Å²) in [5, 5.41) is 0. The quantitative estimate of drug-likeness (QED) is 0.872. The summed E-state index contributed by atoms with van der Waals surface area (Å²) in [5.41, 5.74) is 5.55. The van der Waals surface area contributed by atoms with Gasteiger partial charge < -0.3 is 10.3 Å². The first kappa shape index (κ1) is 16.5. The minimum absolute atomic E-state index is 0.0357. The van der Waals surface area contributed by atoms with E-state index >= 15 is 0 Å². The van der Waals surface area contributed by atoms with Crippen molar-refractivity contribution in [2.45, 2.75) is 51.0 Å². The molecule has 2 aliphatic carbocycles. The molecule has 1 aromatic rings. The van der Waals surface area contributed by atoms with E-state index in [4.69, 9.17) is 5.73 Å². The fraction of sp³-hybridized carbons (Fsp3) is 0.688. The fourth-order valence-electron chi connectivity index (χ4n) is 4.56. The van der Waals surface area contributed by atoms with Gasteiger partial charge in [0.05, 0.1) is 0 Å². The summed E-state index contributed by atoms with van der Waals surface area (Å²) in [6.07, 6.45) is 4.51. The Morgan fingerprint density at radius 2 is 2.04 bits per heavy atom. The molecular formula is C16H25N3O3S. The molecule has 3 rings (SSSR count). The summed E-state index contributed by atoms with van der Waals surface area (Å²) < 4.78 is 29.8. The number of sulfonamides is 1. The lowest BCUT2D eigenvalue weighted by Gasteiger charge is -2.39. The molecule has 0 saturated heterocycles. The van der Waals surface area contributed by atoms with E-state index in [-0.39, 0.29) is 27.5 Å². The highest BCUT2D eigenvalue weighted by atomic mass is 32.2. The SMILES string of the molecule is Cn1cc(S(=O)(=O)N[C@@H]2C[C@H]3CC[C@@]2(C)C3(C)C)cc1C(N)=O. The lowest BCUT2D eigenvalue weighted by molar-refractivity contribution is 0.0992.